The minimum atomic E-state index is -0.831. The molecular weight excluding hydrogens is 233 g/mol. The van der Waals surface area contributed by atoms with Gasteiger partial charge in [-0.15, -0.1) is 0 Å². The highest BCUT2D eigenvalue weighted by Crippen LogP contribution is 2.24. The molecule has 0 saturated carbocycles. The molecule has 3 atom stereocenters. The fraction of sp³-hybridized carbons (Fsp3) is 0.571. The van der Waals surface area contributed by atoms with Gasteiger partial charge in [0, 0.05) is 18.7 Å². The van der Waals surface area contributed by atoms with Gasteiger partial charge in [0.1, 0.15) is 5.82 Å². The van der Waals surface area contributed by atoms with Crippen LogP contribution in [0.3, 0.4) is 0 Å². The predicted octanol–water partition coefficient (Wildman–Crippen LogP) is 1.81. The standard InChI is InChI=1S/C14H22FNO2/c1-10(8-16(3)9-11(2)17)14(18)12-6-4-5-7-13(12)15/h4-7,10-11,14,17-18H,8-9H2,1-3H3. The molecule has 18 heavy (non-hydrogen) atoms. The van der Waals surface area contributed by atoms with Crippen molar-refractivity contribution in [2.24, 2.45) is 5.92 Å². The lowest BCUT2D eigenvalue weighted by atomic mass is 9.96. The third-order valence-electron chi connectivity index (χ3n) is 2.94. The van der Waals surface area contributed by atoms with Crippen LogP contribution in [0.5, 0.6) is 0 Å². The third-order valence-corrected chi connectivity index (χ3v) is 2.94. The second-order valence-electron chi connectivity index (χ2n) is 5.01. The molecule has 102 valence electrons. The third kappa shape index (κ3) is 4.37. The lowest BCUT2D eigenvalue weighted by molar-refractivity contribution is 0.0753. The van der Waals surface area contributed by atoms with E-state index < -0.39 is 12.2 Å². The Morgan fingerprint density at radius 1 is 1.17 bits per heavy atom. The summed E-state index contributed by atoms with van der Waals surface area (Å²) >= 11 is 0. The van der Waals surface area contributed by atoms with Crippen LogP contribution in [0.25, 0.3) is 0 Å². The Labute approximate surface area is 108 Å². The topological polar surface area (TPSA) is 43.7 Å². The molecule has 0 radical (unpaired) electrons. The molecular formula is C14H22FNO2. The molecule has 1 aromatic rings. The number of benzene rings is 1. The van der Waals surface area contributed by atoms with E-state index in [-0.39, 0.29) is 11.7 Å². The molecule has 0 aliphatic heterocycles. The highest BCUT2D eigenvalue weighted by molar-refractivity contribution is 5.20. The van der Waals surface area contributed by atoms with E-state index in [1.54, 1.807) is 25.1 Å². The minimum Gasteiger partial charge on any atom is -0.392 e. The highest BCUT2D eigenvalue weighted by Gasteiger charge is 2.21. The first-order valence-corrected chi connectivity index (χ1v) is 6.21. The molecule has 4 heteroatoms. The lowest BCUT2D eigenvalue weighted by Crippen LogP contribution is -2.33. The quantitative estimate of drug-likeness (QED) is 0.814. The van der Waals surface area contributed by atoms with Crippen molar-refractivity contribution in [2.45, 2.75) is 26.1 Å². The van der Waals surface area contributed by atoms with E-state index in [9.17, 15) is 14.6 Å². The van der Waals surface area contributed by atoms with Gasteiger partial charge in [-0.3, -0.25) is 0 Å². The summed E-state index contributed by atoms with van der Waals surface area (Å²) in [6, 6.07) is 6.28. The van der Waals surface area contributed by atoms with Crippen molar-refractivity contribution in [3.05, 3.63) is 35.6 Å². The number of nitrogens with zero attached hydrogens (tertiary/aromatic N) is 1. The van der Waals surface area contributed by atoms with Crippen molar-refractivity contribution in [2.75, 3.05) is 20.1 Å². The maximum atomic E-state index is 13.5. The number of hydrogen-bond donors (Lipinski definition) is 2. The van der Waals surface area contributed by atoms with Gasteiger partial charge in [-0.2, -0.15) is 0 Å². The molecule has 0 aliphatic carbocycles. The maximum absolute atomic E-state index is 13.5. The van der Waals surface area contributed by atoms with Gasteiger partial charge in [-0.05, 0) is 26.0 Å². The van der Waals surface area contributed by atoms with Crippen LogP contribution in [0.2, 0.25) is 0 Å². The highest BCUT2D eigenvalue weighted by atomic mass is 19.1. The van der Waals surface area contributed by atoms with Crippen LogP contribution in [0.1, 0.15) is 25.5 Å². The Kier molecular flexibility index (Phi) is 5.72. The molecule has 0 aromatic heterocycles. The maximum Gasteiger partial charge on any atom is 0.129 e. The molecule has 0 aliphatic rings. The van der Waals surface area contributed by atoms with Gasteiger partial charge in [-0.25, -0.2) is 4.39 Å². The second kappa shape index (κ2) is 6.83. The molecule has 0 spiro atoms. The number of rotatable bonds is 6. The van der Waals surface area contributed by atoms with Gasteiger partial charge < -0.3 is 15.1 Å². The van der Waals surface area contributed by atoms with Crippen molar-refractivity contribution in [1.29, 1.82) is 0 Å². The monoisotopic (exact) mass is 255 g/mol. The van der Waals surface area contributed by atoms with Crippen molar-refractivity contribution in [3.63, 3.8) is 0 Å². The average Bonchev–Trinajstić information content (AvgIpc) is 2.27. The summed E-state index contributed by atoms with van der Waals surface area (Å²) in [5.41, 5.74) is 0.329. The van der Waals surface area contributed by atoms with Crippen LogP contribution in [0.15, 0.2) is 24.3 Å². The Morgan fingerprint density at radius 2 is 1.78 bits per heavy atom. The normalized spacial score (nSPS) is 16.6. The van der Waals surface area contributed by atoms with E-state index in [1.807, 2.05) is 18.9 Å². The van der Waals surface area contributed by atoms with Crippen molar-refractivity contribution in [1.82, 2.24) is 4.90 Å². The molecule has 0 bridgehead atoms. The second-order valence-corrected chi connectivity index (χ2v) is 5.01. The summed E-state index contributed by atoms with van der Waals surface area (Å²) in [6.07, 6.45) is -1.24. The van der Waals surface area contributed by atoms with Gasteiger partial charge in [0.2, 0.25) is 0 Å². The van der Waals surface area contributed by atoms with Crippen LogP contribution in [0.4, 0.5) is 4.39 Å². The van der Waals surface area contributed by atoms with E-state index in [0.717, 1.165) is 0 Å². The molecule has 0 heterocycles. The molecule has 0 fully saturated rings. The van der Waals surface area contributed by atoms with Crippen molar-refractivity contribution < 1.29 is 14.6 Å². The van der Waals surface area contributed by atoms with Crippen LogP contribution in [-0.4, -0.2) is 41.4 Å². The molecule has 2 N–H and O–H groups in total. The van der Waals surface area contributed by atoms with Gasteiger partial charge in [-0.1, -0.05) is 25.1 Å². The summed E-state index contributed by atoms with van der Waals surface area (Å²) in [5, 5.41) is 19.4. The zero-order chi connectivity index (χ0) is 13.7. The Hall–Kier alpha value is -0.970. The molecule has 0 amide bonds. The molecule has 0 saturated heterocycles. The van der Waals surface area contributed by atoms with Gasteiger partial charge in [0.15, 0.2) is 0 Å². The van der Waals surface area contributed by atoms with E-state index in [4.69, 9.17) is 0 Å². The first-order chi connectivity index (χ1) is 8.41. The van der Waals surface area contributed by atoms with E-state index in [2.05, 4.69) is 0 Å². The average molecular weight is 255 g/mol. The fourth-order valence-electron chi connectivity index (χ4n) is 2.14. The summed E-state index contributed by atoms with van der Waals surface area (Å²) in [5.74, 6) is -0.485. The van der Waals surface area contributed by atoms with Crippen molar-refractivity contribution in [3.8, 4) is 0 Å². The molecule has 1 rings (SSSR count). The SMILES string of the molecule is CC(O)CN(C)CC(C)C(O)c1ccccc1F. The Balaban J connectivity index is 2.61. The lowest BCUT2D eigenvalue weighted by Gasteiger charge is -2.26. The Morgan fingerprint density at radius 3 is 2.33 bits per heavy atom. The number of aliphatic hydroxyl groups excluding tert-OH is 2. The number of likely N-dealkylation sites (N-methyl/N-ethyl adjacent to an activating group) is 1. The van der Waals surface area contributed by atoms with E-state index in [1.165, 1.54) is 6.07 Å². The Bertz CT molecular complexity index is 371. The zero-order valence-electron chi connectivity index (χ0n) is 11.2. The smallest absolute Gasteiger partial charge is 0.129 e. The molecule has 1 aromatic carbocycles. The van der Waals surface area contributed by atoms with Gasteiger partial charge >= 0.3 is 0 Å². The van der Waals surface area contributed by atoms with E-state index in [0.29, 0.717) is 18.7 Å². The molecule has 3 nitrogen and oxygen atoms in total. The van der Waals surface area contributed by atoms with Crippen LogP contribution >= 0.6 is 0 Å². The number of aliphatic hydroxyl groups is 2. The van der Waals surface area contributed by atoms with Crippen LogP contribution < -0.4 is 0 Å². The summed E-state index contributed by atoms with van der Waals surface area (Å²) in [6.45, 7) is 4.72. The van der Waals surface area contributed by atoms with E-state index >= 15 is 0 Å². The molecule has 3 unspecified atom stereocenters. The van der Waals surface area contributed by atoms with Gasteiger partial charge in [0.25, 0.3) is 0 Å². The van der Waals surface area contributed by atoms with Gasteiger partial charge in [0.05, 0.1) is 12.2 Å². The fourth-order valence-corrected chi connectivity index (χ4v) is 2.14. The van der Waals surface area contributed by atoms with Crippen LogP contribution in [0, 0.1) is 11.7 Å². The zero-order valence-corrected chi connectivity index (χ0v) is 11.2. The first-order valence-electron chi connectivity index (χ1n) is 6.21. The number of halogens is 1. The summed E-state index contributed by atoms with van der Waals surface area (Å²) in [7, 11) is 1.87. The predicted molar refractivity (Wildman–Crippen MR) is 69.7 cm³/mol. The number of hydrogen-bond acceptors (Lipinski definition) is 3. The summed E-state index contributed by atoms with van der Waals surface area (Å²) < 4.78 is 13.5. The van der Waals surface area contributed by atoms with Crippen molar-refractivity contribution >= 4 is 0 Å². The first kappa shape index (κ1) is 15.1. The van der Waals surface area contributed by atoms with Crippen LogP contribution in [-0.2, 0) is 0 Å². The summed E-state index contributed by atoms with van der Waals surface area (Å²) in [4.78, 5) is 1.93. The largest absolute Gasteiger partial charge is 0.392 e. The minimum absolute atomic E-state index is 0.106.